The van der Waals surface area contributed by atoms with Crippen LogP contribution in [0.3, 0.4) is 0 Å². The minimum absolute atomic E-state index is 0.0410. The fourth-order valence-corrected chi connectivity index (χ4v) is 4.57. The molecule has 186 valence electrons. The molecule has 0 saturated carbocycles. The molecule has 0 bridgehead atoms. The standard InChI is InChI=1S/C22H36N10O2/c1-33-18-4-3-13(19(7-18)34-2)8-27-20-28-21(31-9-14(23)5-15(24)10-31)30-22(29-20)32-11-16(25)6-17(26)12-32/h3-4,7,14-17H,5-6,8-12,23-26H2,1-2H3,(H,27,28,29,30). The normalized spacial score (nSPS) is 25.2. The number of nitrogens with two attached hydrogens (primary N) is 4. The van der Waals surface area contributed by atoms with E-state index in [-0.39, 0.29) is 24.2 Å². The highest BCUT2D eigenvalue weighted by molar-refractivity contribution is 5.48. The van der Waals surface area contributed by atoms with Crippen LogP contribution in [0.15, 0.2) is 18.2 Å². The molecule has 2 saturated heterocycles. The second-order valence-corrected chi connectivity index (χ2v) is 9.11. The number of aromatic nitrogens is 3. The van der Waals surface area contributed by atoms with E-state index in [1.165, 1.54) is 0 Å². The lowest BCUT2D eigenvalue weighted by Gasteiger charge is -2.37. The molecule has 4 atom stereocenters. The number of ether oxygens (including phenoxy) is 2. The van der Waals surface area contributed by atoms with Gasteiger partial charge in [-0.25, -0.2) is 0 Å². The molecule has 0 amide bonds. The zero-order valence-corrected chi connectivity index (χ0v) is 19.9. The number of anilines is 3. The first-order valence-electron chi connectivity index (χ1n) is 11.6. The quantitative estimate of drug-likeness (QED) is 0.340. The maximum atomic E-state index is 6.22. The largest absolute Gasteiger partial charge is 0.497 e. The van der Waals surface area contributed by atoms with E-state index in [1.807, 2.05) is 28.0 Å². The summed E-state index contributed by atoms with van der Waals surface area (Å²) in [5.74, 6) is 2.95. The van der Waals surface area contributed by atoms with Crippen molar-refractivity contribution in [2.45, 2.75) is 43.6 Å². The minimum atomic E-state index is -0.0410. The molecular weight excluding hydrogens is 436 g/mol. The third-order valence-corrected chi connectivity index (χ3v) is 6.14. The summed E-state index contributed by atoms with van der Waals surface area (Å²) in [4.78, 5) is 18.2. The summed E-state index contributed by atoms with van der Waals surface area (Å²) in [6, 6.07) is 5.51. The van der Waals surface area contributed by atoms with Crippen LogP contribution in [0.2, 0.25) is 0 Å². The van der Waals surface area contributed by atoms with Gasteiger partial charge in [-0.2, -0.15) is 15.0 Å². The monoisotopic (exact) mass is 472 g/mol. The zero-order valence-electron chi connectivity index (χ0n) is 19.9. The number of methoxy groups -OCH3 is 2. The Morgan fingerprint density at radius 1 is 0.824 bits per heavy atom. The van der Waals surface area contributed by atoms with Crippen LogP contribution in [-0.4, -0.2) is 79.5 Å². The Kier molecular flexibility index (Phi) is 7.51. The van der Waals surface area contributed by atoms with Crippen LogP contribution >= 0.6 is 0 Å². The molecule has 4 rings (SSSR count). The van der Waals surface area contributed by atoms with Crippen LogP contribution in [0.25, 0.3) is 0 Å². The van der Waals surface area contributed by atoms with Crippen LogP contribution in [0, 0.1) is 0 Å². The highest BCUT2D eigenvalue weighted by Crippen LogP contribution is 2.26. The number of benzene rings is 1. The van der Waals surface area contributed by atoms with Gasteiger partial charge in [0.05, 0.1) is 14.2 Å². The maximum Gasteiger partial charge on any atom is 0.232 e. The van der Waals surface area contributed by atoms with Crippen LogP contribution in [0.4, 0.5) is 17.8 Å². The lowest BCUT2D eigenvalue weighted by atomic mass is 10.0. The van der Waals surface area contributed by atoms with E-state index >= 15 is 0 Å². The number of nitrogens with zero attached hydrogens (tertiary/aromatic N) is 5. The molecular formula is C22H36N10O2. The Hall–Kier alpha value is -2.93. The van der Waals surface area contributed by atoms with Crippen molar-refractivity contribution in [2.75, 3.05) is 55.5 Å². The van der Waals surface area contributed by atoms with Crippen molar-refractivity contribution in [1.29, 1.82) is 0 Å². The Morgan fingerprint density at radius 3 is 1.82 bits per heavy atom. The molecule has 2 aromatic rings. The molecule has 1 aromatic heterocycles. The van der Waals surface area contributed by atoms with Crippen molar-refractivity contribution in [3.8, 4) is 11.5 Å². The Balaban J connectivity index is 1.62. The molecule has 9 N–H and O–H groups in total. The average Bonchev–Trinajstić information content (AvgIpc) is 2.81. The summed E-state index contributed by atoms with van der Waals surface area (Å²) < 4.78 is 10.8. The highest BCUT2D eigenvalue weighted by Gasteiger charge is 2.28. The van der Waals surface area contributed by atoms with Gasteiger partial charge in [0.25, 0.3) is 0 Å². The van der Waals surface area contributed by atoms with E-state index in [1.54, 1.807) is 14.2 Å². The summed E-state index contributed by atoms with van der Waals surface area (Å²) in [5.41, 5.74) is 25.8. The zero-order chi connectivity index (χ0) is 24.2. The van der Waals surface area contributed by atoms with Gasteiger partial charge in [0.1, 0.15) is 11.5 Å². The van der Waals surface area contributed by atoms with E-state index in [2.05, 4.69) is 15.3 Å². The molecule has 1 aromatic carbocycles. The van der Waals surface area contributed by atoms with Gasteiger partial charge in [0, 0.05) is 68.5 Å². The van der Waals surface area contributed by atoms with E-state index in [4.69, 9.17) is 37.4 Å². The van der Waals surface area contributed by atoms with Gasteiger partial charge in [0.2, 0.25) is 17.8 Å². The second kappa shape index (κ2) is 10.6. The van der Waals surface area contributed by atoms with Crippen molar-refractivity contribution in [2.24, 2.45) is 22.9 Å². The van der Waals surface area contributed by atoms with Crippen molar-refractivity contribution in [3.05, 3.63) is 23.8 Å². The van der Waals surface area contributed by atoms with Gasteiger partial charge in [0.15, 0.2) is 0 Å². The van der Waals surface area contributed by atoms with E-state index < -0.39 is 0 Å². The Labute approximate surface area is 200 Å². The van der Waals surface area contributed by atoms with E-state index in [0.29, 0.717) is 56.3 Å². The summed E-state index contributed by atoms with van der Waals surface area (Å²) in [7, 11) is 3.25. The predicted molar refractivity (Wildman–Crippen MR) is 132 cm³/mol. The molecule has 3 heterocycles. The van der Waals surface area contributed by atoms with Gasteiger partial charge in [-0.1, -0.05) is 0 Å². The average molecular weight is 473 g/mol. The maximum absolute atomic E-state index is 6.22. The fraction of sp³-hybridized carbons (Fsp3) is 0.591. The molecule has 2 fully saturated rings. The first kappa shape index (κ1) is 24.2. The molecule has 0 aliphatic carbocycles. The predicted octanol–water partition coefficient (Wildman–Crippen LogP) is -0.770. The lowest BCUT2D eigenvalue weighted by molar-refractivity contribution is 0.391. The van der Waals surface area contributed by atoms with Gasteiger partial charge < -0.3 is 47.5 Å². The summed E-state index contributed by atoms with van der Waals surface area (Å²) in [6.07, 6.45) is 1.54. The highest BCUT2D eigenvalue weighted by atomic mass is 16.5. The number of piperidine rings is 2. The Morgan fingerprint density at radius 2 is 1.35 bits per heavy atom. The minimum Gasteiger partial charge on any atom is -0.497 e. The van der Waals surface area contributed by atoms with Crippen LogP contribution in [0.5, 0.6) is 11.5 Å². The number of hydrogen-bond donors (Lipinski definition) is 5. The van der Waals surface area contributed by atoms with Crippen molar-refractivity contribution < 1.29 is 9.47 Å². The lowest BCUT2D eigenvalue weighted by Crippen LogP contribution is -2.54. The van der Waals surface area contributed by atoms with E-state index in [0.717, 1.165) is 24.2 Å². The van der Waals surface area contributed by atoms with Gasteiger partial charge >= 0.3 is 0 Å². The summed E-state index contributed by atoms with van der Waals surface area (Å²) >= 11 is 0. The number of rotatable bonds is 7. The molecule has 34 heavy (non-hydrogen) atoms. The van der Waals surface area contributed by atoms with Gasteiger partial charge in [-0.3, -0.25) is 0 Å². The fourth-order valence-electron chi connectivity index (χ4n) is 4.57. The van der Waals surface area contributed by atoms with Gasteiger partial charge in [-0.05, 0) is 25.0 Å². The Bertz CT molecular complexity index is 912. The first-order valence-corrected chi connectivity index (χ1v) is 11.6. The van der Waals surface area contributed by atoms with Crippen molar-refractivity contribution in [3.63, 3.8) is 0 Å². The molecule has 0 spiro atoms. The molecule has 12 heteroatoms. The van der Waals surface area contributed by atoms with Crippen LogP contribution in [-0.2, 0) is 6.54 Å². The van der Waals surface area contributed by atoms with Gasteiger partial charge in [-0.15, -0.1) is 0 Å². The third-order valence-electron chi connectivity index (χ3n) is 6.14. The number of hydrogen-bond acceptors (Lipinski definition) is 12. The summed E-state index contributed by atoms with van der Waals surface area (Å²) in [5, 5.41) is 3.32. The molecule has 2 aliphatic rings. The first-order chi connectivity index (χ1) is 16.3. The smallest absolute Gasteiger partial charge is 0.232 e. The number of nitrogens with one attached hydrogen (secondary N) is 1. The molecule has 2 aliphatic heterocycles. The van der Waals surface area contributed by atoms with Crippen LogP contribution in [0.1, 0.15) is 18.4 Å². The van der Waals surface area contributed by atoms with Crippen molar-refractivity contribution in [1.82, 2.24) is 15.0 Å². The van der Waals surface area contributed by atoms with Crippen molar-refractivity contribution >= 4 is 17.8 Å². The molecule has 0 radical (unpaired) electrons. The third kappa shape index (κ3) is 5.76. The second-order valence-electron chi connectivity index (χ2n) is 9.11. The SMILES string of the molecule is COc1ccc(CNc2nc(N3CC(N)CC(N)C3)nc(N3CC(N)CC(N)C3)n2)c(OC)c1. The van der Waals surface area contributed by atoms with Crippen LogP contribution < -0.4 is 47.5 Å². The van der Waals surface area contributed by atoms with E-state index in [9.17, 15) is 0 Å². The topological polar surface area (TPSA) is 180 Å². The molecule has 12 nitrogen and oxygen atoms in total. The molecule has 4 unspecified atom stereocenters. The summed E-state index contributed by atoms with van der Waals surface area (Å²) in [6.45, 7) is 2.96.